The van der Waals surface area contributed by atoms with Crippen LogP contribution in [0.25, 0.3) is 10.8 Å². The second-order valence-corrected chi connectivity index (χ2v) is 6.98. The molecule has 3 amide bonds. The lowest BCUT2D eigenvalue weighted by Crippen LogP contribution is -2.49. The number of hydrogen-bond donors (Lipinski definition) is 3. The summed E-state index contributed by atoms with van der Waals surface area (Å²) in [5.74, 6) is -0.979. The van der Waals surface area contributed by atoms with Gasteiger partial charge in [-0.1, -0.05) is 42.5 Å². The molecule has 170 valence electrons. The van der Waals surface area contributed by atoms with Crippen molar-refractivity contribution >= 4 is 28.4 Å². The third-order valence-corrected chi connectivity index (χ3v) is 4.56. The maximum Gasteiger partial charge on any atom is 0.573 e. The predicted molar refractivity (Wildman–Crippen MR) is 115 cm³/mol. The minimum atomic E-state index is -4.82. The zero-order valence-corrected chi connectivity index (χ0v) is 17.1. The smallest absolute Gasteiger partial charge is 0.406 e. The molecule has 7 nitrogen and oxygen atoms in total. The van der Waals surface area contributed by atoms with Crippen molar-refractivity contribution in [1.82, 2.24) is 10.6 Å². The number of fused-ring (bicyclic) bond motifs is 1. The molecule has 0 aliphatic rings. The molecule has 0 fully saturated rings. The van der Waals surface area contributed by atoms with Gasteiger partial charge in [-0.2, -0.15) is 5.26 Å². The van der Waals surface area contributed by atoms with Crippen LogP contribution in [-0.2, 0) is 11.2 Å². The molecule has 0 aliphatic heterocycles. The van der Waals surface area contributed by atoms with E-state index in [9.17, 15) is 22.8 Å². The number of urea groups is 1. The molecule has 0 bridgehead atoms. The molecule has 0 radical (unpaired) electrons. The highest BCUT2D eigenvalue weighted by Crippen LogP contribution is 2.24. The van der Waals surface area contributed by atoms with E-state index in [1.807, 2.05) is 42.5 Å². The van der Waals surface area contributed by atoms with Crippen molar-refractivity contribution < 1.29 is 27.5 Å². The Labute approximate surface area is 187 Å². The third-order valence-electron chi connectivity index (χ3n) is 4.56. The summed E-state index contributed by atoms with van der Waals surface area (Å²) in [7, 11) is 0. The van der Waals surface area contributed by atoms with Gasteiger partial charge < -0.3 is 20.7 Å². The Hall–Kier alpha value is -4.26. The van der Waals surface area contributed by atoms with Gasteiger partial charge in [0.15, 0.2) is 0 Å². The Kier molecular flexibility index (Phi) is 7.35. The first-order valence-electron chi connectivity index (χ1n) is 9.79. The Bertz CT molecular complexity index is 1170. The Balaban J connectivity index is 1.69. The van der Waals surface area contributed by atoms with E-state index in [0.29, 0.717) is 0 Å². The number of nitrogens with one attached hydrogen (secondary N) is 3. The number of alkyl halides is 3. The van der Waals surface area contributed by atoms with Crippen molar-refractivity contribution in [2.45, 2.75) is 18.8 Å². The van der Waals surface area contributed by atoms with Gasteiger partial charge in [-0.15, -0.1) is 13.2 Å². The lowest BCUT2D eigenvalue weighted by atomic mass is 10.0. The maximum absolute atomic E-state index is 12.5. The highest BCUT2D eigenvalue weighted by molar-refractivity contribution is 5.94. The molecular weight excluding hydrogens is 437 g/mol. The number of amides is 3. The number of carbonyl (C=O) groups excluding carboxylic acids is 2. The fraction of sp³-hybridized carbons (Fsp3) is 0.174. The average Bonchev–Trinajstić information content (AvgIpc) is 2.77. The van der Waals surface area contributed by atoms with E-state index in [0.717, 1.165) is 28.5 Å². The van der Waals surface area contributed by atoms with Gasteiger partial charge in [0, 0.05) is 12.1 Å². The van der Waals surface area contributed by atoms with E-state index >= 15 is 0 Å². The van der Waals surface area contributed by atoms with Gasteiger partial charge in [-0.25, -0.2) is 4.79 Å². The SMILES string of the molecule is N#CCNC(=O)C(Cc1ccc2ccccc2c1)NC(=O)Nc1ccc(OC(F)(F)F)cc1. The second kappa shape index (κ2) is 10.4. The van der Waals surface area contributed by atoms with Crippen molar-refractivity contribution in [3.63, 3.8) is 0 Å². The molecule has 33 heavy (non-hydrogen) atoms. The molecule has 0 saturated carbocycles. The lowest BCUT2D eigenvalue weighted by Gasteiger charge is -2.19. The van der Waals surface area contributed by atoms with Crippen molar-refractivity contribution in [2.75, 3.05) is 11.9 Å². The monoisotopic (exact) mass is 456 g/mol. The molecular formula is C23H19F3N4O3. The minimum Gasteiger partial charge on any atom is -0.406 e. The molecule has 0 saturated heterocycles. The lowest BCUT2D eigenvalue weighted by molar-refractivity contribution is -0.274. The topological polar surface area (TPSA) is 103 Å². The van der Waals surface area contributed by atoms with Crippen LogP contribution >= 0.6 is 0 Å². The normalized spacial score (nSPS) is 11.8. The van der Waals surface area contributed by atoms with E-state index in [1.54, 1.807) is 6.07 Å². The number of nitrogens with zero attached hydrogens (tertiary/aromatic N) is 1. The molecule has 3 aromatic rings. The fourth-order valence-electron chi connectivity index (χ4n) is 3.13. The molecule has 1 atom stereocenters. The van der Waals surface area contributed by atoms with Crippen LogP contribution in [0.15, 0.2) is 66.7 Å². The number of anilines is 1. The Morgan fingerprint density at radius 2 is 1.70 bits per heavy atom. The van der Waals surface area contributed by atoms with Crippen LogP contribution in [0.1, 0.15) is 5.56 Å². The summed E-state index contributed by atoms with van der Waals surface area (Å²) in [4.78, 5) is 24.9. The van der Waals surface area contributed by atoms with Crippen LogP contribution in [0.5, 0.6) is 5.75 Å². The Morgan fingerprint density at radius 1 is 1.00 bits per heavy atom. The van der Waals surface area contributed by atoms with Crippen LogP contribution in [0, 0.1) is 11.3 Å². The van der Waals surface area contributed by atoms with E-state index in [1.165, 1.54) is 12.1 Å². The molecule has 3 aromatic carbocycles. The van der Waals surface area contributed by atoms with Gasteiger partial charge in [-0.05, 0) is 40.6 Å². The van der Waals surface area contributed by atoms with Crippen LogP contribution < -0.4 is 20.7 Å². The number of nitriles is 1. The van der Waals surface area contributed by atoms with Gasteiger partial charge in [0.25, 0.3) is 0 Å². The highest BCUT2D eigenvalue weighted by Gasteiger charge is 2.31. The van der Waals surface area contributed by atoms with Crippen molar-refractivity contribution in [1.29, 1.82) is 5.26 Å². The number of benzene rings is 3. The van der Waals surface area contributed by atoms with Crippen LogP contribution in [-0.4, -0.2) is 30.9 Å². The highest BCUT2D eigenvalue weighted by atomic mass is 19.4. The number of rotatable bonds is 7. The zero-order valence-electron chi connectivity index (χ0n) is 17.1. The first-order valence-corrected chi connectivity index (χ1v) is 9.79. The van der Waals surface area contributed by atoms with Gasteiger partial charge in [0.05, 0.1) is 6.07 Å². The molecule has 0 aromatic heterocycles. The predicted octanol–water partition coefficient (Wildman–Crippen LogP) is 4.11. The van der Waals surface area contributed by atoms with Crippen LogP contribution in [0.2, 0.25) is 0 Å². The first kappa shape index (κ1) is 23.4. The van der Waals surface area contributed by atoms with Crippen LogP contribution in [0.4, 0.5) is 23.7 Å². The van der Waals surface area contributed by atoms with Crippen molar-refractivity contribution in [3.8, 4) is 11.8 Å². The third kappa shape index (κ3) is 7.14. The van der Waals surface area contributed by atoms with Gasteiger partial charge >= 0.3 is 12.4 Å². The zero-order chi connectivity index (χ0) is 23.8. The standard InChI is InChI=1S/C23H19F3N4O3/c24-23(25,26)33-19-9-7-18(8-10-19)29-22(32)30-20(21(31)28-12-11-27)14-15-5-6-16-3-1-2-4-17(16)13-15/h1-10,13,20H,12,14H2,(H,28,31)(H2,29,30,32). The summed E-state index contributed by atoms with van der Waals surface area (Å²) in [6, 6.07) is 18.0. The van der Waals surface area contributed by atoms with E-state index < -0.39 is 30.1 Å². The van der Waals surface area contributed by atoms with E-state index in [-0.39, 0.29) is 18.7 Å². The molecule has 0 aliphatic carbocycles. The van der Waals surface area contributed by atoms with Gasteiger partial charge in [0.2, 0.25) is 5.91 Å². The summed E-state index contributed by atoms with van der Waals surface area (Å²) in [6.45, 7) is -0.225. The first-order chi connectivity index (χ1) is 15.7. The number of halogens is 3. The Morgan fingerprint density at radius 3 is 2.36 bits per heavy atom. The van der Waals surface area contributed by atoms with E-state index in [4.69, 9.17) is 5.26 Å². The summed E-state index contributed by atoms with van der Waals surface area (Å²) in [6.07, 6.45) is -4.66. The summed E-state index contributed by atoms with van der Waals surface area (Å²) < 4.78 is 40.6. The summed E-state index contributed by atoms with van der Waals surface area (Å²) in [5.41, 5.74) is 0.990. The molecule has 0 heterocycles. The molecule has 3 N–H and O–H groups in total. The van der Waals surface area contributed by atoms with Gasteiger partial charge in [0.1, 0.15) is 18.3 Å². The second-order valence-electron chi connectivity index (χ2n) is 6.98. The van der Waals surface area contributed by atoms with Crippen molar-refractivity contribution in [2.24, 2.45) is 0 Å². The summed E-state index contributed by atoms with van der Waals surface area (Å²) >= 11 is 0. The fourth-order valence-corrected chi connectivity index (χ4v) is 3.13. The largest absolute Gasteiger partial charge is 0.573 e. The van der Waals surface area contributed by atoms with Gasteiger partial charge in [-0.3, -0.25) is 4.79 Å². The number of ether oxygens (including phenoxy) is 1. The number of hydrogen-bond acceptors (Lipinski definition) is 4. The quantitative estimate of drug-likeness (QED) is 0.466. The average molecular weight is 456 g/mol. The molecule has 3 rings (SSSR count). The molecule has 1 unspecified atom stereocenters. The maximum atomic E-state index is 12.5. The molecule has 10 heteroatoms. The van der Waals surface area contributed by atoms with Crippen molar-refractivity contribution in [3.05, 3.63) is 72.3 Å². The number of carbonyl (C=O) groups is 2. The minimum absolute atomic E-state index is 0.161. The van der Waals surface area contributed by atoms with E-state index in [2.05, 4.69) is 20.7 Å². The van der Waals surface area contributed by atoms with Crippen LogP contribution in [0.3, 0.4) is 0 Å². The molecule has 0 spiro atoms. The summed E-state index contributed by atoms with van der Waals surface area (Å²) in [5, 5.41) is 18.1.